The first-order valence-corrected chi connectivity index (χ1v) is 7.65. The van der Waals surface area contributed by atoms with E-state index in [1.807, 2.05) is 0 Å². The average Bonchev–Trinajstić information content (AvgIpc) is 2.44. The molecule has 5 nitrogen and oxygen atoms in total. The molecule has 0 saturated carbocycles. The third-order valence-corrected chi connectivity index (χ3v) is 3.27. The summed E-state index contributed by atoms with van der Waals surface area (Å²) in [6.07, 6.45) is 0.542. The molecule has 6 heteroatoms. The Morgan fingerprint density at radius 1 is 1.41 bits per heavy atom. The molecule has 0 aromatic heterocycles. The van der Waals surface area contributed by atoms with Gasteiger partial charge in [-0.05, 0) is 24.0 Å². The molecule has 0 unspecified atom stereocenters. The minimum absolute atomic E-state index is 0.0313. The fourth-order valence-corrected chi connectivity index (χ4v) is 2.22. The van der Waals surface area contributed by atoms with Crippen molar-refractivity contribution in [2.75, 3.05) is 32.1 Å². The van der Waals surface area contributed by atoms with Crippen molar-refractivity contribution in [1.29, 1.82) is 0 Å². The number of nitrogens with zero attached hydrogens (tertiary/aromatic N) is 1. The number of ether oxygens (including phenoxy) is 1. The predicted molar refractivity (Wildman–Crippen MR) is 89.8 cm³/mol. The van der Waals surface area contributed by atoms with Crippen LogP contribution < -0.4 is 10.1 Å². The average molecular weight is 329 g/mol. The number of aliphatic hydroxyl groups is 1. The molecular weight excluding hydrogens is 304 g/mol. The first-order valence-electron chi connectivity index (χ1n) is 7.27. The second kappa shape index (κ2) is 8.25. The van der Waals surface area contributed by atoms with Crippen molar-refractivity contribution >= 4 is 23.3 Å². The molecule has 0 aliphatic rings. The van der Waals surface area contributed by atoms with E-state index in [9.17, 15) is 4.79 Å². The van der Waals surface area contributed by atoms with E-state index < -0.39 is 0 Å². The molecule has 0 aliphatic heterocycles. The zero-order valence-corrected chi connectivity index (χ0v) is 14.4. The van der Waals surface area contributed by atoms with Gasteiger partial charge in [0.2, 0.25) is 0 Å². The third kappa shape index (κ3) is 6.12. The number of anilines is 1. The van der Waals surface area contributed by atoms with Crippen LogP contribution in [-0.4, -0.2) is 42.8 Å². The molecule has 0 radical (unpaired) electrons. The first-order chi connectivity index (χ1) is 10.3. The van der Waals surface area contributed by atoms with Gasteiger partial charge in [-0.3, -0.25) is 0 Å². The van der Waals surface area contributed by atoms with E-state index in [0.717, 1.165) is 0 Å². The summed E-state index contributed by atoms with van der Waals surface area (Å²) in [4.78, 5) is 14.1. The number of hydrogen-bond acceptors (Lipinski definition) is 3. The van der Waals surface area contributed by atoms with Crippen molar-refractivity contribution in [3.8, 4) is 5.75 Å². The molecule has 2 N–H and O–H groups in total. The van der Waals surface area contributed by atoms with Gasteiger partial charge < -0.3 is 20.1 Å². The van der Waals surface area contributed by atoms with Crippen LogP contribution in [0.15, 0.2) is 18.2 Å². The van der Waals surface area contributed by atoms with E-state index in [4.69, 9.17) is 21.4 Å². The van der Waals surface area contributed by atoms with Crippen molar-refractivity contribution in [3.05, 3.63) is 23.2 Å². The number of benzene rings is 1. The summed E-state index contributed by atoms with van der Waals surface area (Å²) in [5.41, 5.74) is 0.506. The summed E-state index contributed by atoms with van der Waals surface area (Å²) in [5.74, 6) is 0.634. The molecule has 1 rings (SSSR count). The second-order valence-electron chi connectivity index (χ2n) is 6.34. The minimum Gasteiger partial charge on any atom is -0.497 e. The van der Waals surface area contributed by atoms with Gasteiger partial charge in [-0.2, -0.15) is 0 Å². The number of aliphatic hydroxyl groups excluding tert-OH is 1. The second-order valence-corrected chi connectivity index (χ2v) is 6.74. The molecule has 0 fully saturated rings. The standard InChI is InChI=1S/C16H25ClN2O3/c1-16(2,3)11-19(8-5-9-20)15(21)18-14-7-6-12(22-4)10-13(14)17/h6-7,10,20H,5,8-9,11H2,1-4H3,(H,18,21). The molecular formula is C16H25ClN2O3. The van der Waals surface area contributed by atoms with Crippen LogP contribution in [0.1, 0.15) is 27.2 Å². The maximum absolute atomic E-state index is 12.4. The number of nitrogens with one attached hydrogen (secondary N) is 1. The number of carbonyl (C=O) groups is 1. The SMILES string of the molecule is COc1ccc(NC(=O)N(CCCO)CC(C)(C)C)c(Cl)c1. The Kier molecular flexibility index (Phi) is 6.97. The quantitative estimate of drug-likeness (QED) is 0.838. The van der Waals surface area contributed by atoms with Gasteiger partial charge in [-0.15, -0.1) is 0 Å². The van der Waals surface area contributed by atoms with Gasteiger partial charge in [0.1, 0.15) is 5.75 Å². The Bertz CT molecular complexity index is 501. The largest absolute Gasteiger partial charge is 0.497 e. The Labute approximate surface area is 137 Å². The normalized spacial score (nSPS) is 11.2. The summed E-state index contributed by atoms with van der Waals surface area (Å²) >= 11 is 6.14. The lowest BCUT2D eigenvalue weighted by Crippen LogP contribution is -2.41. The highest BCUT2D eigenvalue weighted by molar-refractivity contribution is 6.33. The maximum Gasteiger partial charge on any atom is 0.321 e. The van der Waals surface area contributed by atoms with Crippen LogP contribution in [0.3, 0.4) is 0 Å². The molecule has 1 aromatic carbocycles. The van der Waals surface area contributed by atoms with E-state index >= 15 is 0 Å². The van der Waals surface area contributed by atoms with E-state index in [-0.39, 0.29) is 18.1 Å². The predicted octanol–water partition coefficient (Wildman–Crippen LogP) is 3.61. The van der Waals surface area contributed by atoms with Crippen LogP contribution >= 0.6 is 11.6 Å². The molecule has 2 amide bonds. The van der Waals surface area contributed by atoms with Gasteiger partial charge in [0.15, 0.2) is 0 Å². The minimum atomic E-state index is -0.226. The molecule has 0 aliphatic carbocycles. The number of urea groups is 1. The van der Waals surface area contributed by atoms with Crippen LogP contribution in [0.4, 0.5) is 10.5 Å². The molecule has 0 saturated heterocycles. The maximum atomic E-state index is 12.4. The summed E-state index contributed by atoms with van der Waals surface area (Å²) in [6.45, 7) is 7.32. The van der Waals surface area contributed by atoms with E-state index in [2.05, 4.69) is 26.1 Å². The lowest BCUT2D eigenvalue weighted by molar-refractivity contribution is 0.176. The number of carbonyl (C=O) groups excluding carboxylic acids is 1. The number of halogens is 1. The zero-order valence-electron chi connectivity index (χ0n) is 13.6. The number of methoxy groups -OCH3 is 1. The number of rotatable bonds is 6. The smallest absolute Gasteiger partial charge is 0.321 e. The van der Waals surface area contributed by atoms with Gasteiger partial charge in [0.25, 0.3) is 0 Å². The zero-order chi connectivity index (χ0) is 16.8. The lowest BCUT2D eigenvalue weighted by Gasteiger charge is -2.30. The summed E-state index contributed by atoms with van der Waals surface area (Å²) in [5, 5.41) is 12.2. The highest BCUT2D eigenvalue weighted by Crippen LogP contribution is 2.27. The summed E-state index contributed by atoms with van der Waals surface area (Å²) in [6, 6.07) is 4.87. The molecule has 1 aromatic rings. The molecule has 0 heterocycles. The molecule has 0 spiro atoms. The van der Waals surface area contributed by atoms with Crippen LogP contribution in [0, 0.1) is 5.41 Å². The Balaban J connectivity index is 2.81. The Hall–Kier alpha value is -1.46. The van der Waals surface area contributed by atoms with Gasteiger partial charge in [0, 0.05) is 25.8 Å². The van der Waals surface area contributed by atoms with Crippen molar-refractivity contribution in [1.82, 2.24) is 4.90 Å². The van der Waals surface area contributed by atoms with Gasteiger partial charge in [0.05, 0.1) is 17.8 Å². The Morgan fingerprint density at radius 2 is 2.09 bits per heavy atom. The van der Waals surface area contributed by atoms with Crippen LogP contribution in [0.25, 0.3) is 0 Å². The lowest BCUT2D eigenvalue weighted by atomic mass is 9.96. The summed E-state index contributed by atoms with van der Waals surface area (Å²) < 4.78 is 5.09. The molecule has 124 valence electrons. The van der Waals surface area contributed by atoms with Crippen molar-refractivity contribution < 1.29 is 14.6 Å². The van der Waals surface area contributed by atoms with E-state index in [1.165, 1.54) is 0 Å². The fourth-order valence-electron chi connectivity index (χ4n) is 2.00. The Morgan fingerprint density at radius 3 is 2.59 bits per heavy atom. The van der Waals surface area contributed by atoms with Gasteiger partial charge in [-0.1, -0.05) is 32.4 Å². The fraction of sp³-hybridized carbons (Fsp3) is 0.562. The van der Waals surface area contributed by atoms with Gasteiger partial charge in [-0.25, -0.2) is 4.79 Å². The van der Waals surface area contributed by atoms with Gasteiger partial charge >= 0.3 is 6.03 Å². The first kappa shape index (κ1) is 18.6. The number of hydrogen-bond donors (Lipinski definition) is 2. The van der Waals surface area contributed by atoms with Crippen LogP contribution in [0.2, 0.25) is 5.02 Å². The summed E-state index contributed by atoms with van der Waals surface area (Å²) in [7, 11) is 1.56. The highest BCUT2D eigenvalue weighted by atomic mass is 35.5. The van der Waals surface area contributed by atoms with E-state index in [1.54, 1.807) is 30.2 Å². The molecule has 0 atom stereocenters. The monoisotopic (exact) mass is 328 g/mol. The number of amides is 2. The topological polar surface area (TPSA) is 61.8 Å². The molecule has 0 bridgehead atoms. The molecule has 22 heavy (non-hydrogen) atoms. The van der Waals surface area contributed by atoms with Crippen molar-refractivity contribution in [2.24, 2.45) is 5.41 Å². The van der Waals surface area contributed by atoms with Crippen LogP contribution in [-0.2, 0) is 0 Å². The third-order valence-electron chi connectivity index (χ3n) is 2.96. The van der Waals surface area contributed by atoms with Crippen LogP contribution in [0.5, 0.6) is 5.75 Å². The van der Waals surface area contributed by atoms with Crippen molar-refractivity contribution in [2.45, 2.75) is 27.2 Å². The van der Waals surface area contributed by atoms with Crippen molar-refractivity contribution in [3.63, 3.8) is 0 Å². The van der Waals surface area contributed by atoms with E-state index in [0.29, 0.717) is 36.0 Å². The highest BCUT2D eigenvalue weighted by Gasteiger charge is 2.21.